The van der Waals surface area contributed by atoms with Crippen LogP contribution in [0.4, 0.5) is 4.39 Å². The zero-order valence-electron chi connectivity index (χ0n) is 7.10. The van der Waals surface area contributed by atoms with E-state index in [9.17, 15) is 4.39 Å². The fourth-order valence-corrected chi connectivity index (χ4v) is 0.828. The van der Waals surface area contributed by atoms with Crippen LogP contribution < -0.4 is 5.73 Å². The van der Waals surface area contributed by atoms with Gasteiger partial charge in [-0.15, -0.1) is 0 Å². The van der Waals surface area contributed by atoms with Crippen LogP contribution in [0.1, 0.15) is 13.3 Å². The first-order valence-corrected chi connectivity index (χ1v) is 3.67. The molecule has 1 atom stereocenters. The van der Waals surface area contributed by atoms with E-state index in [-0.39, 0.29) is 18.6 Å². The van der Waals surface area contributed by atoms with Crippen molar-refractivity contribution in [2.75, 3.05) is 20.3 Å². The standard InChI is InChI=1S/C7H16FN3/c1-6(5-7(9)10)11(2)4-3-8/h6H,3-5H2,1-2H3,(H3,9,10). The lowest BCUT2D eigenvalue weighted by Gasteiger charge is -2.22. The number of nitrogens with two attached hydrogens (primary N) is 1. The van der Waals surface area contributed by atoms with E-state index >= 15 is 0 Å². The predicted octanol–water partition coefficient (Wildman–Crippen LogP) is 0.602. The molecule has 0 saturated carbocycles. The smallest absolute Gasteiger partial charge is 0.102 e. The number of amidine groups is 1. The van der Waals surface area contributed by atoms with Crippen molar-refractivity contribution in [3.63, 3.8) is 0 Å². The average molecular weight is 161 g/mol. The zero-order chi connectivity index (χ0) is 8.85. The minimum atomic E-state index is -0.348. The number of nitrogens with one attached hydrogen (secondary N) is 1. The fourth-order valence-electron chi connectivity index (χ4n) is 0.828. The van der Waals surface area contributed by atoms with Gasteiger partial charge in [-0.05, 0) is 14.0 Å². The zero-order valence-corrected chi connectivity index (χ0v) is 7.10. The Morgan fingerprint density at radius 1 is 1.73 bits per heavy atom. The Kier molecular flexibility index (Phi) is 4.77. The highest BCUT2D eigenvalue weighted by Crippen LogP contribution is 1.99. The second kappa shape index (κ2) is 5.07. The number of rotatable bonds is 5. The van der Waals surface area contributed by atoms with E-state index in [0.717, 1.165) is 0 Å². The topological polar surface area (TPSA) is 53.1 Å². The molecule has 0 amide bonds. The lowest BCUT2D eigenvalue weighted by Crippen LogP contribution is -2.34. The lowest BCUT2D eigenvalue weighted by atomic mass is 10.2. The fraction of sp³-hybridized carbons (Fsp3) is 0.857. The molecule has 0 bridgehead atoms. The van der Waals surface area contributed by atoms with Crippen molar-refractivity contribution in [2.45, 2.75) is 19.4 Å². The van der Waals surface area contributed by atoms with Gasteiger partial charge in [0.05, 0.1) is 5.84 Å². The van der Waals surface area contributed by atoms with Gasteiger partial charge in [0.25, 0.3) is 0 Å². The summed E-state index contributed by atoms with van der Waals surface area (Å²) in [5, 5.41) is 7.01. The summed E-state index contributed by atoms with van der Waals surface area (Å²) < 4.78 is 11.8. The normalized spacial score (nSPS) is 13.5. The Balaban J connectivity index is 3.63. The molecule has 1 unspecified atom stereocenters. The van der Waals surface area contributed by atoms with E-state index in [1.165, 1.54) is 0 Å². The largest absolute Gasteiger partial charge is 0.388 e. The maximum absolute atomic E-state index is 11.8. The van der Waals surface area contributed by atoms with Gasteiger partial charge in [0.2, 0.25) is 0 Å². The third kappa shape index (κ3) is 4.72. The SMILES string of the molecule is CC(CC(=N)N)N(C)CCF. The average Bonchev–Trinajstić information content (AvgIpc) is 1.86. The molecular weight excluding hydrogens is 145 g/mol. The van der Waals surface area contributed by atoms with E-state index in [1.54, 1.807) is 0 Å². The molecule has 0 aliphatic carbocycles. The summed E-state index contributed by atoms with van der Waals surface area (Å²) in [4.78, 5) is 1.85. The van der Waals surface area contributed by atoms with Crippen molar-refractivity contribution in [2.24, 2.45) is 5.73 Å². The van der Waals surface area contributed by atoms with Crippen molar-refractivity contribution < 1.29 is 4.39 Å². The molecule has 0 fully saturated rings. The van der Waals surface area contributed by atoms with E-state index in [4.69, 9.17) is 11.1 Å². The third-order valence-electron chi connectivity index (χ3n) is 1.70. The van der Waals surface area contributed by atoms with Crippen molar-refractivity contribution >= 4 is 5.84 Å². The van der Waals surface area contributed by atoms with Crippen LogP contribution in [0, 0.1) is 5.41 Å². The van der Waals surface area contributed by atoms with Crippen LogP contribution in [0.15, 0.2) is 0 Å². The quantitative estimate of drug-likeness (QED) is 0.458. The van der Waals surface area contributed by atoms with Gasteiger partial charge in [0.15, 0.2) is 0 Å². The molecule has 0 spiro atoms. The maximum atomic E-state index is 11.8. The molecule has 0 saturated heterocycles. The van der Waals surface area contributed by atoms with E-state index in [1.807, 2.05) is 18.9 Å². The molecule has 3 nitrogen and oxygen atoms in total. The van der Waals surface area contributed by atoms with Crippen LogP contribution in [0.3, 0.4) is 0 Å². The van der Waals surface area contributed by atoms with Gasteiger partial charge in [0.1, 0.15) is 6.67 Å². The molecule has 0 radical (unpaired) electrons. The highest BCUT2D eigenvalue weighted by Gasteiger charge is 2.08. The first kappa shape index (κ1) is 10.4. The Morgan fingerprint density at radius 2 is 2.27 bits per heavy atom. The van der Waals surface area contributed by atoms with Gasteiger partial charge < -0.3 is 10.6 Å². The monoisotopic (exact) mass is 161 g/mol. The molecule has 3 N–H and O–H groups in total. The molecule has 0 aromatic rings. The minimum absolute atomic E-state index is 0.156. The number of halogens is 1. The van der Waals surface area contributed by atoms with Crippen molar-refractivity contribution in [3.8, 4) is 0 Å². The van der Waals surface area contributed by atoms with Crippen LogP contribution in [0.25, 0.3) is 0 Å². The number of hydrogen-bond acceptors (Lipinski definition) is 2. The highest BCUT2D eigenvalue weighted by molar-refractivity contribution is 5.77. The molecule has 0 aliphatic heterocycles. The summed E-state index contributed by atoms with van der Waals surface area (Å²) in [6.45, 7) is 1.99. The van der Waals surface area contributed by atoms with Crippen molar-refractivity contribution in [1.82, 2.24) is 4.90 Å². The Bertz CT molecular complexity index is 127. The molecule has 66 valence electrons. The second-order valence-corrected chi connectivity index (χ2v) is 2.75. The second-order valence-electron chi connectivity index (χ2n) is 2.75. The van der Waals surface area contributed by atoms with Gasteiger partial charge >= 0.3 is 0 Å². The number of hydrogen-bond donors (Lipinski definition) is 2. The van der Waals surface area contributed by atoms with Gasteiger partial charge in [-0.2, -0.15) is 0 Å². The Morgan fingerprint density at radius 3 is 2.64 bits per heavy atom. The molecule has 0 aliphatic rings. The lowest BCUT2D eigenvalue weighted by molar-refractivity contribution is 0.239. The van der Waals surface area contributed by atoms with Crippen LogP contribution in [-0.2, 0) is 0 Å². The molecule has 0 heterocycles. The molecule has 0 rings (SSSR count). The van der Waals surface area contributed by atoms with E-state index < -0.39 is 0 Å². The van der Waals surface area contributed by atoms with Crippen LogP contribution in [-0.4, -0.2) is 37.0 Å². The summed E-state index contributed by atoms with van der Waals surface area (Å²) in [7, 11) is 1.83. The summed E-state index contributed by atoms with van der Waals surface area (Å²) in [6, 6.07) is 0.156. The number of nitrogens with zero attached hydrogens (tertiary/aromatic N) is 1. The van der Waals surface area contributed by atoms with Gasteiger partial charge in [-0.25, -0.2) is 4.39 Å². The minimum Gasteiger partial charge on any atom is -0.388 e. The molecule has 11 heavy (non-hydrogen) atoms. The molecule has 4 heteroatoms. The summed E-state index contributed by atoms with van der Waals surface area (Å²) in [6.07, 6.45) is 0.510. The van der Waals surface area contributed by atoms with Crippen molar-refractivity contribution in [1.29, 1.82) is 5.41 Å². The first-order valence-electron chi connectivity index (χ1n) is 3.67. The van der Waals surface area contributed by atoms with Crippen LogP contribution in [0.5, 0.6) is 0 Å². The highest BCUT2D eigenvalue weighted by atomic mass is 19.1. The van der Waals surface area contributed by atoms with E-state index in [0.29, 0.717) is 13.0 Å². The van der Waals surface area contributed by atoms with Crippen LogP contribution >= 0.6 is 0 Å². The van der Waals surface area contributed by atoms with Gasteiger partial charge in [-0.3, -0.25) is 5.41 Å². The summed E-state index contributed by atoms with van der Waals surface area (Å²) >= 11 is 0. The number of alkyl halides is 1. The van der Waals surface area contributed by atoms with Crippen molar-refractivity contribution in [3.05, 3.63) is 0 Å². The summed E-state index contributed by atoms with van der Waals surface area (Å²) in [5.41, 5.74) is 5.19. The third-order valence-corrected chi connectivity index (χ3v) is 1.70. The maximum Gasteiger partial charge on any atom is 0.102 e. The van der Waals surface area contributed by atoms with Crippen LogP contribution in [0.2, 0.25) is 0 Å². The summed E-state index contributed by atoms with van der Waals surface area (Å²) in [5.74, 6) is 0.156. The molecule has 0 aromatic carbocycles. The molecule has 0 aromatic heterocycles. The van der Waals surface area contributed by atoms with E-state index in [2.05, 4.69) is 0 Å². The Hall–Kier alpha value is -0.640. The molecular formula is C7H16FN3. The Labute approximate surface area is 66.9 Å². The first-order chi connectivity index (χ1) is 5.07. The predicted molar refractivity (Wildman–Crippen MR) is 44.6 cm³/mol. The van der Waals surface area contributed by atoms with Gasteiger partial charge in [-0.1, -0.05) is 0 Å². The van der Waals surface area contributed by atoms with Gasteiger partial charge in [0, 0.05) is 19.0 Å².